The van der Waals surface area contributed by atoms with Gasteiger partial charge in [-0.2, -0.15) is 5.10 Å². The van der Waals surface area contributed by atoms with Crippen LogP contribution >= 0.6 is 0 Å². The summed E-state index contributed by atoms with van der Waals surface area (Å²) in [5, 5.41) is 5.95. The highest BCUT2D eigenvalue weighted by Crippen LogP contribution is 2.06. The summed E-state index contributed by atoms with van der Waals surface area (Å²) in [4.78, 5) is 8.33. The average molecular weight is 212 g/mol. The molecule has 0 N–H and O–H groups in total. The summed E-state index contributed by atoms with van der Waals surface area (Å²) in [6.07, 6.45) is 5.18. The highest BCUT2D eigenvalue weighted by Gasteiger charge is 1.96. The Kier molecular flexibility index (Phi) is 3.23. The number of anilines is 1. The Morgan fingerprint density at radius 1 is 1.06 bits per heavy atom. The third kappa shape index (κ3) is 2.63. The standard InChI is InChI=1S/C12H12N4/c1-16(12-7-3-5-9-14-12)15-10-11-6-2-4-8-13-11/h2-10H,1H3/b15-10-. The first kappa shape index (κ1) is 10.3. The largest absolute Gasteiger partial charge is 0.255 e. The van der Waals surface area contributed by atoms with Gasteiger partial charge in [0.1, 0.15) is 5.82 Å². The van der Waals surface area contributed by atoms with E-state index in [1.807, 2.05) is 43.4 Å². The van der Waals surface area contributed by atoms with Crippen molar-refractivity contribution >= 4 is 12.0 Å². The lowest BCUT2D eigenvalue weighted by Gasteiger charge is -2.10. The molecule has 2 aromatic rings. The van der Waals surface area contributed by atoms with E-state index in [4.69, 9.17) is 0 Å². The van der Waals surface area contributed by atoms with Gasteiger partial charge in [0.05, 0.1) is 11.9 Å². The van der Waals surface area contributed by atoms with E-state index in [1.165, 1.54) is 0 Å². The Labute approximate surface area is 94.3 Å². The van der Waals surface area contributed by atoms with Crippen LogP contribution in [-0.4, -0.2) is 23.2 Å². The molecule has 4 heteroatoms. The van der Waals surface area contributed by atoms with E-state index >= 15 is 0 Å². The van der Waals surface area contributed by atoms with Gasteiger partial charge in [0.25, 0.3) is 0 Å². The Morgan fingerprint density at radius 2 is 1.81 bits per heavy atom. The van der Waals surface area contributed by atoms with Crippen LogP contribution in [0.4, 0.5) is 5.82 Å². The summed E-state index contributed by atoms with van der Waals surface area (Å²) in [6, 6.07) is 11.4. The van der Waals surface area contributed by atoms with Gasteiger partial charge in [-0.3, -0.25) is 9.99 Å². The zero-order chi connectivity index (χ0) is 11.2. The molecule has 0 unspecified atom stereocenters. The lowest BCUT2D eigenvalue weighted by Crippen LogP contribution is -2.10. The number of hydrazone groups is 1. The minimum atomic E-state index is 0.801. The van der Waals surface area contributed by atoms with Gasteiger partial charge >= 0.3 is 0 Å². The molecule has 0 spiro atoms. The van der Waals surface area contributed by atoms with Crippen LogP contribution in [0, 0.1) is 0 Å². The minimum Gasteiger partial charge on any atom is -0.255 e. The van der Waals surface area contributed by atoms with Crippen LogP contribution < -0.4 is 5.01 Å². The van der Waals surface area contributed by atoms with Crippen LogP contribution in [0.5, 0.6) is 0 Å². The predicted molar refractivity (Wildman–Crippen MR) is 64.5 cm³/mol. The number of aromatic nitrogens is 2. The molecule has 0 aliphatic heterocycles. The van der Waals surface area contributed by atoms with Crippen LogP contribution in [0.2, 0.25) is 0 Å². The van der Waals surface area contributed by atoms with Crippen molar-refractivity contribution < 1.29 is 0 Å². The molecule has 4 nitrogen and oxygen atoms in total. The Morgan fingerprint density at radius 3 is 2.44 bits per heavy atom. The quantitative estimate of drug-likeness (QED) is 0.576. The maximum Gasteiger partial charge on any atom is 0.148 e. The molecule has 0 bridgehead atoms. The fourth-order valence-corrected chi connectivity index (χ4v) is 1.20. The van der Waals surface area contributed by atoms with Crippen LogP contribution in [0.1, 0.15) is 5.69 Å². The predicted octanol–water partition coefficient (Wildman–Crippen LogP) is 1.95. The molecular weight excluding hydrogens is 200 g/mol. The lowest BCUT2D eigenvalue weighted by atomic mass is 10.4. The molecule has 16 heavy (non-hydrogen) atoms. The van der Waals surface area contributed by atoms with Crippen molar-refractivity contribution in [1.82, 2.24) is 9.97 Å². The average Bonchev–Trinajstić information content (AvgIpc) is 2.38. The van der Waals surface area contributed by atoms with Gasteiger partial charge in [0, 0.05) is 19.4 Å². The molecule has 80 valence electrons. The van der Waals surface area contributed by atoms with Crippen LogP contribution in [0.15, 0.2) is 53.9 Å². The molecule has 0 radical (unpaired) electrons. The monoisotopic (exact) mass is 212 g/mol. The third-order valence-electron chi connectivity index (χ3n) is 2.03. The molecule has 2 rings (SSSR count). The maximum atomic E-state index is 4.25. The van der Waals surface area contributed by atoms with Gasteiger partial charge in [0.2, 0.25) is 0 Å². The zero-order valence-electron chi connectivity index (χ0n) is 8.99. The van der Waals surface area contributed by atoms with Crippen LogP contribution in [0.3, 0.4) is 0 Å². The van der Waals surface area contributed by atoms with Gasteiger partial charge in [0.15, 0.2) is 0 Å². The Bertz CT molecular complexity index is 453. The molecule has 2 heterocycles. The number of nitrogens with zero attached hydrogens (tertiary/aromatic N) is 4. The van der Waals surface area contributed by atoms with Crippen LogP contribution in [0.25, 0.3) is 0 Å². The SMILES string of the molecule is CN(/N=C\c1ccccn1)c1ccccn1. The smallest absolute Gasteiger partial charge is 0.148 e. The molecule has 0 saturated heterocycles. The molecule has 0 saturated carbocycles. The topological polar surface area (TPSA) is 41.4 Å². The fraction of sp³-hybridized carbons (Fsp3) is 0.0833. The lowest BCUT2D eigenvalue weighted by molar-refractivity contribution is 0.981. The van der Waals surface area contributed by atoms with Gasteiger partial charge in [-0.25, -0.2) is 4.98 Å². The molecule has 0 atom stereocenters. The van der Waals surface area contributed by atoms with Crippen LogP contribution in [-0.2, 0) is 0 Å². The Balaban J connectivity index is 2.08. The van der Waals surface area contributed by atoms with E-state index in [1.54, 1.807) is 23.6 Å². The van der Waals surface area contributed by atoms with Crippen molar-refractivity contribution in [2.24, 2.45) is 5.10 Å². The number of hydrogen-bond donors (Lipinski definition) is 0. The van der Waals surface area contributed by atoms with Crippen molar-refractivity contribution in [3.63, 3.8) is 0 Å². The molecule has 0 aliphatic rings. The molecule has 0 fully saturated rings. The van der Waals surface area contributed by atoms with E-state index in [2.05, 4.69) is 15.1 Å². The van der Waals surface area contributed by atoms with E-state index in [0.29, 0.717) is 0 Å². The highest BCUT2D eigenvalue weighted by molar-refractivity contribution is 5.77. The Hall–Kier alpha value is -2.23. The van der Waals surface area contributed by atoms with Crippen molar-refractivity contribution in [2.45, 2.75) is 0 Å². The second-order valence-corrected chi connectivity index (χ2v) is 3.21. The molecule has 2 aromatic heterocycles. The van der Waals surface area contributed by atoms with E-state index < -0.39 is 0 Å². The summed E-state index contributed by atoms with van der Waals surface area (Å²) in [6.45, 7) is 0. The second kappa shape index (κ2) is 5.02. The van der Waals surface area contributed by atoms with Gasteiger partial charge in [-0.15, -0.1) is 0 Å². The zero-order valence-corrected chi connectivity index (χ0v) is 8.99. The van der Waals surface area contributed by atoms with Crippen molar-refractivity contribution in [3.05, 3.63) is 54.5 Å². The molecule has 0 aromatic carbocycles. The van der Waals surface area contributed by atoms with Gasteiger partial charge in [-0.1, -0.05) is 12.1 Å². The molecule has 0 aliphatic carbocycles. The van der Waals surface area contributed by atoms with Gasteiger partial charge in [-0.05, 0) is 24.3 Å². The number of hydrogen-bond acceptors (Lipinski definition) is 4. The van der Waals surface area contributed by atoms with E-state index in [0.717, 1.165) is 11.5 Å². The van der Waals surface area contributed by atoms with Gasteiger partial charge < -0.3 is 0 Å². The third-order valence-corrected chi connectivity index (χ3v) is 2.03. The summed E-state index contributed by atoms with van der Waals surface area (Å²) in [5.41, 5.74) is 0.824. The van der Waals surface area contributed by atoms with Crippen molar-refractivity contribution in [1.29, 1.82) is 0 Å². The van der Waals surface area contributed by atoms with E-state index in [-0.39, 0.29) is 0 Å². The fourth-order valence-electron chi connectivity index (χ4n) is 1.20. The highest BCUT2D eigenvalue weighted by atomic mass is 15.5. The van der Waals surface area contributed by atoms with Crippen molar-refractivity contribution in [2.75, 3.05) is 12.1 Å². The number of rotatable bonds is 3. The molecule has 0 amide bonds. The maximum absolute atomic E-state index is 4.25. The minimum absolute atomic E-state index is 0.801. The second-order valence-electron chi connectivity index (χ2n) is 3.21. The molecular formula is C12H12N4. The first-order chi connectivity index (χ1) is 7.86. The summed E-state index contributed by atoms with van der Waals surface area (Å²) < 4.78 is 0. The van der Waals surface area contributed by atoms with E-state index in [9.17, 15) is 0 Å². The van der Waals surface area contributed by atoms with Crippen molar-refractivity contribution in [3.8, 4) is 0 Å². The normalized spacial score (nSPS) is 10.6. The summed E-state index contributed by atoms with van der Waals surface area (Å²) >= 11 is 0. The first-order valence-corrected chi connectivity index (χ1v) is 4.96. The summed E-state index contributed by atoms with van der Waals surface area (Å²) in [5.74, 6) is 0.801. The summed E-state index contributed by atoms with van der Waals surface area (Å²) in [7, 11) is 1.85. The number of pyridine rings is 2. The first-order valence-electron chi connectivity index (χ1n) is 4.96.